The molecular weight excluding hydrogens is 262 g/mol. The van der Waals surface area contributed by atoms with Gasteiger partial charge in [0.1, 0.15) is 5.75 Å². The summed E-state index contributed by atoms with van der Waals surface area (Å²) >= 11 is 5.99. The normalized spacial score (nSPS) is 22.8. The number of hydrogen-bond donors (Lipinski definition) is 1. The number of nitrogens with one attached hydrogen (secondary N) is 1. The number of carbonyl (C=O) groups excluding carboxylic acids is 1. The molecule has 3 nitrogen and oxygen atoms in total. The van der Waals surface area contributed by atoms with Crippen LogP contribution in [0.5, 0.6) is 5.75 Å². The van der Waals surface area contributed by atoms with Crippen LogP contribution in [0, 0.1) is 5.92 Å². The summed E-state index contributed by atoms with van der Waals surface area (Å²) in [6, 6.07) is 7.47. The van der Waals surface area contributed by atoms with Crippen molar-refractivity contribution in [2.75, 3.05) is 13.0 Å². The van der Waals surface area contributed by atoms with Crippen molar-refractivity contribution >= 4 is 17.5 Å². The van der Waals surface area contributed by atoms with Crippen LogP contribution in [0.4, 0.5) is 0 Å². The Bertz CT molecular complexity index is 436. The van der Waals surface area contributed by atoms with Crippen molar-refractivity contribution in [3.05, 3.63) is 29.8 Å². The number of rotatable bonds is 4. The Labute approximate surface area is 119 Å². The summed E-state index contributed by atoms with van der Waals surface area (Å²) in [6.07, 6.45) is 4.47. The fourth-order valence-electron chi connectivity index (χ4n) is 2.66. The van der Waals surface area contributed by atoms with Gasteiger partial charge in [0.05, 0.1) is 12.7 Å². The molecule has 1 N–H and O–H groups in total. The number of hydrogen-bond acceptors (Lipinski definition) is 2. The number of para-hydroxylation sites is 1. The molecule has 104 valence electrons. The predicted octanol–water partition coefficient (Wildman–Crippen LogP) is 3.22. The van der Waals surface area contributed by atoms with E-state index in [0.717, 1.165) is 19.3 Å². The Morgan fingerprint density at radius 3 is 2.84 bits per heavy atom. The highest BCUT2D eigenvalue weighted by Gasteiger charge is 2.26. The monoisotopic (exact) mass is 281 g/mol. The Kier molecular flexibility index (Phi) is 5.08. The van der Waals surface area contributed by atoms with Crippen LogP contribution in [-0.2, 0) is 0 Å². The molecule has 1 aromatic carbocycles. The molecule has 2 rings (SSSR count). The summed E-state index contributed by atoms with van der Waals surface area (Å²) < 4.78 is 5.22. The molecule has 0 saturated heterocycles. The minimum atomic E-state index is -0.0699. The molecule has 19 heavy (non-hydrogen) atoms. The second kappa shape index (κ2) is 6.80. The first-order valence-corrected chi connectivity index (χ1v) is 7.29. The largest absolute Gasteiger partial charge is 0.496 e. The van der Waals surface area contributed by atoms with E-state index >= 15 is 0 Å². The SMILES string of the molecule is COc1ccccc1C(=O)NC1CCCCC1CCl. The first-order chi connectivity index (χ1) is 9.26. The average molecular weight is 282 g/mol. The molecule has 0 bridgehead atoms. The van der Waals surface area contributed by atoms with E-state index in [2.05, 4.69) is 5.32 Å². The zero-order chi connectivity index (χ0) is 13.7. The fourth-order valence-corrected chi connectivity index (χ4v) is 3.03. The maximum absolute atomic E-state index is 12.3. The van der Waals surface area contributed by atoms with Gasteiger partial charge in [0.15, 0.2) is 0 Å². The van der Waals surface area contributed by atoms with E-state index in [0.29, 0.717) is 23.1 Å². The standard InChI is InChI=1S/C15H20ClNO2/c1-19-14-9-5-3-7-12(14)15(18)17-13-8-4-2-6-11(13)10-16/h3,5,7,9,11,13H,2,4,6,8,10H2,1H3,(H,17,18). The van der Waals surface area contributed by atoms with Gasteiger partial charge in [-0.3, -0.25) is 4.79 Å². The van der Waals surface area contributed by atoms with E-state index in [9.17, 15) is 4.79 Å². The van der Waals surface area contributed by atoms with Gasteiger partial charge >= 0.3 is 0 Å². The zero-order valence-electron chi connectivity index (χ0n) is 11.2. The number of alkyl halides is 1. The second-order valence-electron chi connectivity index (χ2n) is 4.98. The molecule has 1 aliphatic rings. The zero-order valence-corrected chi connectivity index (χ0v) is 12.0. The molecule has 0 aliphatic heterocycles. The third-order valence-corrected chi connectivity index (χ3v) is 4.17. The van der Waals surface area contributed by atoms with Crippen molar-refractivity contribution < 1.29 is 9.53 Å². The molecule has 1 aromatic rings. The van der Waals surface area contributed by atoms with Crippen LogP contribution in [-0.4, -0.2) is 24.9 Å². The third-order valence-electron chi connectivity index (χ3n) is 3.78. The lowest BCUT2D eigenvalue weighted by molar-refractivity contribution is 0.0908. The molecule has 1 aliphatic carbocycles. The summed E-state index contributed by atoms with van der Waals surface area (Å²) in [5.74, 6) is 1.53. The minimum Gasteiger partial charge on any atom is -0.496 e. The van der Waals surface area contributed by atoms with Gasteiger partial charge in [-0.05, 0) is 30.9 Å². The Balaban J connectivity index is 2.07. The van der Waals surface area contributed by atoms with Crippen LogP contribution in [0.25, 0.3) is 0 Å². The Morgan fingerprint density at radius 2 is 2.11 bits per heavy atom. The van der Waals surface area contributed by atoms with Crippen LogP contribution < -0.4 is 10.1 Å². The quantitative estimate of drug-likeness (QED) is 0.861. The molecule has 1 fully saturated rings. The van der Waals surface area contributed by atoms with Crippen LogP contribution in [0.3, 0.4) is 0 Å². The molecule has 1 amide bonds. The summed E-state index contributed by atoms with van der Waals surface area (Å²) in [5.41, 5.74) is 0.587. The van der Waals surface area contributed by atoms with Gasteiger partial charge < -0.3 is 10.1 Å². The molecule has 0 aromatic heterocycles. The first-order valence-electron chi connectivity index (χ1n) is 6.76. The number of amides is 1. The van der Waals surface area contributed by atoms with Gasteiger partial charge in [0.2, 0.25) is 0 Å². The van der Waals surface area contributed by atoms with Crippen LogP contribution in [0.1, 0.15) is 36.0 Å². The number of ether oxygens (including phenoxy) is 1. The first kappa shape index (κ1) is 14.2. The molecule has 2 atom stereocenters. The molecule has 0 radical (unpaired) electrons. The highest BCUT2D eigenvalue weighted by Crippen LogP contribution is 2.26. The van der Waals surface area contributed by atoms with E-state index in [1.165, 1.54) is 6.42 Å². The van der Waals surface area contributed by atoms with E-state index in [4.69, 9.17) is 16.3 Å². The Morgan fingerprint density at radius 1 is 1.37 bits per heavy atom. The molecule has 2 unspecified atom stereocenters. The number of halogens is 1. The molecule has 1 saturated carbocycles. The molecule has 4 heteroatoms. The van der Waals surface area contributed by atoms with Gasteiger partial charge in [0, 0.05) is 11.9 Å². The van der Waals surface area contributed by atoms with Crippen LogP contribution in [0.2, 0.25) is 0 Å². The second-order valence-corrected chi connectivity index (χ2v) is 5.29. The average Bonchev–Trinajstić information content (AvgIpc) is 2.47. The highest BCUT2D eigenvalue weighted by atomic mass is 35.5. The van der Waals surface area contributed by atoms with Gasteiger partial charge in [-0.25, -0.2) is 0 Å². The number of methoxy groups -OCH3 is 1. The smallest absolute Gasteiger partial charge is 0.255 e. The van der Waals surface area contributed by atoms with Crippen molar-refractivity contribution in [3.8, 4) is 5.75 Å². The van der Waals surface area contributed by atoms with Crippen molar-refractivity contribution in [1.82, 2.24) is 5.32 Å². The van der Waals surface area contributed by atoms with Crippen molar-refractivity contribution in [1.29, 1.82) is 0 Å². The fraction of sp³-hybridized carbons (Fsp3) is 0.533. The lowest BCUT2D eigenvalue weighted by atomic mass is 9.85. The molecule has 0 heterocycles. The summed E-state index contributed by atoms with van der Waals surface area (Å²) in [5, 5.41) is 3.11. The summed E-state index contributed by atoms with van der Waals surface area (Å²) in [7, 11) is 1.58. The lowest BCUT2D eigenvalue weighted by Crippen LogP contribution is -2.42. The van der Waals surface area contributed by atoms with Crippen molar-refractivity contribution in [3.63, 3.8) is 0 Å². The lowest BCUT2D eigenvalue weighted by Gasteiger charge is -2.31. The number of carbonyl (C=O) groups is 1. The van der Waals surface area contributed by atoms with E-state index in [-0.39, 0.29) is 11.9 Å². The molecule has 0 spiro atoms. The van der Waals surface area contributed by atoms with Gasteiger partial charge in [-0.1, -0.05) is 25.0 Å². The maximum Gasteiger partial charge on any atom is 0.255 e. The summed E-state index contributed by atoms with van der Waals surface area (Å²) in [4.78, 5) is 12.3. The van der Waals surface area contributed by atoms with Crippen LogP contribution in [0.15, 0.2) is 24.3 Å². The van der Waals surface area contributed by atoms with E-state index in [1.54, 1.807) is 19.2 Å². The van der Waals surface area contributed by atoms with E-state index in [1.807, 2.05) is 12.1 Å². The van der Waals surface area contributed by atoms with Crippen LogP contribution >= 0.6 is 11.6 Å². The van der Waals surface area contributed by atoms with Gasteiger partial charge in [-0.2, -0.15) is 0 Å². The van der Waals surface area contributed by atoms with Gasteiger partial charge in [0.25, 0.3) is 5.91 Å². The topological polar surface area (TPSA) is 38.3 Å². The maximum atomic E-state index is 12.3. The Hall–Kier alpha value is -1.22. The predicted molar refractivity (Wildman–Crippen MR) is 76.9 cm³/mol. The third kappa shape index (κ3) is 3.41. The molecular formula is C15H20ClNO2. The summed E-state index contributed by atoms with van der Waals surface area (Å²) in [6.45, 7) is 0. The highest BCUT2D eigenvalue weighted by molar-refractivity contribution is 6.18. The minimum absolute atomic E-state index is 0.0699. The van der Waals surface area contributed by atoms with Crippen molar-refractivity contribution in [2.45, 2.75) is 31.7 Å². The number of benzene rings is 1. The van der Waals surface area contributed by atoms with Crippen molar-refractivity contribution in [2.24, 2.45) is 5.92 Å². The van der Waals surface area contributed by atoms with E-state index < -0.39 is 0 Å². The van der Waals surface area contributed by atoms with Gasteiger partial charge in [-0.15, -0.1) is 11.6 Å².